The molecule has 0 spiro atoms. The second-order valence-electron chi connectivity index (χ2n) is 6.32. The largest absolute Gasteiger partial charge is 0.484 e. The predicted octanol–water partition coefficient (Wildman–Crippen LogP) is 3.58. The summed E-state index contributed by atoms with van der Waals surface area (Å²) in [6.45, 7) is 6.20. The molecule has 1 N–H and O–H groups in total. The standard InChI is InChI=1S/C21H25ClN2O3/c1-4-23-21(26)16(3)24(13-17-7-9-18(22)10-8-17)20(25)14-27-19-11-5-15(2)6-12-19/h5-12,16H,4,13-14H2,1-3H3,(H,23,26)/t16-/m1/s1. The van der Waals surface area contributed by atoms with Gasteiger partial charge in [0.2, 0.25) is 5.91 Å². The minimum absolute atomic E-state index is 0.138. The lowest BCUT2D eigenvalue weighted by atomic mass is 10.1. The van der Waals surface area contributed by atoms with E-state index < -0.39 is 6.04 Å². The number of nitrogens with zero attached hydrogens (tertiary/aromatic N) is 1. The van der Waals surface area contributed by atoms with Crippen LogP contribution in [-0.4, -0.2) is 35.9 Å². The van der Waals surface area contributed by atoms with Crippen molar-refractivity contribution in [1.29, 1.82) is 0 Å². The Balaban J connectivity index is 2.11. The number of carbonyl (C=O) groups is 2. The van der Waals surface area contributed by atoms with Gasteiger partial charge in [0.1, 0.15) is 11.8 Å². The summed E-state index contributed by atoms with van der Waals surface area (Å²) in [5, 5.41) is 3.38. The summed E-state index contributed by atoms with van der Waals surface area (Å²) in [6, 6.07) is 14.1. The molecule has 0 aliphatic rings. The van der Waals surface area contributed by atoms with E-state index in [1.807, 2.05) is 50.2 Å². The fourth-order valence-corrected chi connectivity index (χ4v) is 2.68. The number of hydrogen-bond donors (Lipinski definition) is 1. The van der Waals surface area contributed by atoms with Gasteiger partial charge in [0.25, 0.3) is 5.91 Å². The van der Waals surface area contributed by atoms with E-state index in [0.717, 1.165) is 11.1 Å². The Labute approximate surface area is 165 Å². The second-order valence-corrected chi connectivity index (χ2v) is 6.76. The number of halogens is 1. The van der Waals surface area contributed by atoms with Crippen LogP contribution in [0.3, 0.4) is 0 Å². The topological polar surface area (TPSA) is 58.6 Å². The molecular weight excluding hydrogens is 364 g/mol. The zero-order chi connectivity index (χ0) is 19.8. The minimum atomic E-state index is -0.616. The highest BCUT2D eigenvalue weighted by Gasteiger charge is 2.26. The van der Waals surface area contributed by atoms with Gasteiger partial charge in [-0.25, -0.2) is 0 Å². The van der Waals surface area contributed by atoms with E-state index in [2.05, 4.69) is 5.32 Å². The van der Waals surface area contributed by atoms with E-state index in [0.29, 0.717) is 23.9 Å². The maximum Gasteiger partial charge on any atom is 0.261 e. The number of ether oxygens (including phenoxy) is 1. The molecule has 2 rings (SSSR count). The van der Waals surface area contributed by atoms with E-state index in [1.54, 1.807) is 19.1 Å². The molecule has 144 valence electrons. The van der Waals surface area contributed by atoms with E-state index in [9.17, 15) is 9.59 Å². The number of amides is 2. The molecule has 0 unspecified atom stereocenters. The van der Waals surface area contributed by atoms with Crippen molar-refractivity contribution in [1.82, 2.24) is 10.2 Å². The average molecular weight is 389 g/mol. The summed E-state index contributed by atoms with van der Waals surface area (Å²) in [5.41, 5.74) is 2.00. The van der Waals surface area contributed by atoms with E-state index in [1.165, 1.54) is 4.90 Å². The van der Waals surface area contributed by atoms with Crippen LogP contribution in [0.2, 0.25) is 5.02 Å². The minimum Gasteiger partial charge on any atom is -0.484 e. The third-order valence-corrected chi connectivity index (χ3v) is 4.42. The van der Waals surface area contributed by atoms with E-state index in [4.69, 9.17) is 16.3 Å². The smallest absolute Gasteiger partial charge is 0.261 e. The van der Waals surface area contributed by atoms with Gasteiger partial charge in [-0.3, -0.25) is 9.59 Å². The molecule has 0 saturated carbocycles. The Bertz CT molecular complexity index is 760. The van der Waals surface area contributed by atoms with Gasteiger partial charge in [-0.2, -0.15) is 0 Å². The van der Waals surface area contributed by atoms with Crippen molar-refractivity contribution in [2.75, 3.05) is 13.2 Å². The van der Waals surface area contributed by atoms with Gasteiger partial charge in [-0.05, 0) is 50.6 Å². The van der Waals surface area contributed by atoms with Crippen molar-refractivity contribution in [2.45, 2.75) is 33.4 Å². The molecule has 2 aromatic carbocycles. The van der Waals surface area contributed by atoms with Crippen molar-refractivity contribution in [3.63, 3.8) is 0 Å². The van der Waals surface area contributed by atoms with Gasteiger partial charge < -0.3 is 15.0 Å². The number of aryl methyl sites for hydroxylation is 1. The molecule has 0 bridgehead atoms. The van der Waals surface area contributed by atoms with E-state index >= 15 is 0 Å². The third kappa shape index (κ3) is 6.29. The molecule has 6 heteroatoms. The fraction of sp³-hybridized carbons (Fsp3) is 0.333. The van der Waals surface area contributed by atoms with Crippen molar-refractivity contribution >= 4 is 23.4 Å². The number of rotatable bonds is 8. The van der Waals surface area contributed by atoms with Crippen LogP contribution in [0.5, 0.6) is 5.75 Å². The Morgan fingerprint density at radius 1 is 1.11 bits per heavy atom. The number of benzene rings is 2. The third-order valence-electron chi connectivity index (χ3n) is 4.17. The number of nitrogens with one attached hydrogen (secondary N) is 1. The van der Waals surface area contributed by atoms with Crippen molar-refractivity contribution in [3.8, 4) is 5.75 Å². The van der Waals surface area contributed by atoms with Crippen LogP contribution < -0.4 is 10.1 Å². The summed E-state index contributed by atoms with van der Waals surface area (Å²) in [5.74, 6) is 0.158. The molecule has 0 aliphatic carbocycles. The molecule has 0 saturated heterocycles. The van der Waals surface area contributed by atoms with Crippen LogP contribution in [0.15, 0.2) is 48.5 Å². The highest BCUT2D eigenvalue weighted by atomic mass is 35.5. The average Bonchev–Trinajstić information content (AvgIpc) is 2.66. The normalized spacial score (nSPS) is 11.6. The lowest BCUT2D eigenvalue weighted by Gasteiger charge is -2.28. The number of likely N-dealkylation sites (N-methyl/N-ethyl adjacent to an activating group) is 1. The van der Waals surface area contributed by atoms with Crippen LogP contribution in [-0.2, 0) is 16.1 Å². The lowest BCUT2D eigenvalue weighted by Crippen LogP contribution is -2.49. The first-order valence-electron chi connectivity index (χ1n) is 8.91. The zero-order valence-corrected chi connectivity index (χ0v) is 16.6. The van der Waals surface area contributed by atoms with Gasteiger partial charge >= 0.3 is 0 Å². The van der Waals surface area contributed by atoms with Crippen LogP contribution in [0, 0.1) is 6.92 Å². The van der Waals surface area contributed by atoms with Gasteiger partial charge in [0.05, 0.1) is 0 Å². The quantitative estimate of drug-likeness (QED) is 0.751. The summed E-state index contributed by atoms with van der Waals surface area (Å²) in [7, 11) is 0. The molecule has 2 aromatic rings. The first-order valence-corrected chi connectivity index (χ1v) is 9.29. The van der Waals surface area contributed by atoms with Gasteiger partial charge in [0, 0.05) is 18.1 Å². The molecule has 0 radical (unpaired) electrons. The Morgan fingerprint density at radius 3 is 2.33 bits per heavy atom. The van der Waals surface area contributed by atoms with Crippen molar-refractivity contribution in [3.05, 3.63) is 64.7 Å². The van der Waals surface area contributed by atoms with Crippen LogP contribution >= 0.6 is 11.6 Å². The second kappa shape index (κ2) is 9.97. The van der Waals surface area contributed by atoms with E-state index in [-0.39, 0.29) is 18.4 Å². The fourth-order valence-electron chi connectivity index (χ4n) is 2.55. The summed E-state index contributed by atoms with van der Waals surface area (Å²) in [4.78, 5) is 26.6. The van der Waals surface area contributed by atoms with Crippen LogP contribution in [0.25, 0.3) is 0 Å². The Morgan fingerprint density at radius 2 is 1.74 bits per heavy atom. The SMILES string of the molecule is CCNC(=O)[C@@H](C)N(Cc1ccc(Cl)cc1)C(=O)COc1ccc(C)cc1. The number of carbonyl (C=O) groups excluding carboxylic acids is 2. The molecule has 2 amide bonds. The lowest BCUT2D eigenvalue weighted by molar-refractivity contribution is -0.142. The zero-order valence-electron chi connectivity index (χ0n) is 15.9. The maximum atomic E-state index is 12.8. The first-order chi connectivity index (χ1) is 12.9. The Hall–Kier alpha value is -2.53. The molecule has 0 aromatic heterocycles. The van der Waals surface area contributed by atoms with Crippen LogP contribution in [0.1, 0.15) is 25.0 Å². The molecule has 1 atom stereocenters. The van der Waals surface area contributed by atoms with Gasteiger partial charge in [-0.1, -0.05) is 41.4 Å². The summed E-state index contributed by atoms with van der Waals surface area (Å²) in [6.07, 6.45) is 0. The Kier molecular flexibility index (Phi) is 7.67. The molecular formula is C21H25ClN2O3. The highest BCUT2D eigenvalue weighted by Crippen LogP contribution is 2.15. The monoisotopic (exact) mass is 388 g/mol. The molecule has 0 fully saturated rings. The van der Waals surface area contributed by atoms with Gasteiger partial charge in [0.15, 0.2) is 6.61 Å². The van der Waals surface area contributed by atoms with Gasteiger partial charge in [-0.15, -0.1) is 0 Å². The number of hydrogen-bond acceptors (Lipinski definition) is 3. The maximum absolute atomic E-state index is 12.8. The summed E-state index contributed by atoms with van der Waals surface area (Å²) < 4.78 is 5.61. The van der Waals surface area contributed by atoms with Crippen LogP contribution in [0.4, 0.5) is 0 Å². The molecule has 0 heterocycles. The van der Waals surface area contributed by atoms with Crippen molar-refractivity contribution in [2.24, 2.45) is 0 Å². The predicted molar refractivity (Wildman–Crippen MR) is 107 cm³/mol. The summed E-state index contributed by atoms with van der Waals surface area (Å²) >= 11 is 5.93. The highest BCUT2D eigenvalue weighted by molar-refractivity contribution is 6.30. The first kappa shape index (κ1) is 20.8. The molecule has 27 heavy (non-hydrogen) atoms. The molecule has 5 nitrogen and oxygen atoms in total. The van der Waals surface area contributed by atoms with Crippen molar-refractivity contribution < 1.29 is 14.3 Å². The molecule has 0 aliphatic heterocycles.